The molecule has 0 saturated heterocycles. The van der Waals surface area contributed by atoms with Gasteiger partial charge in [-0.3, -0.25) is 4.98 Å². The van der Waals surface area contributed by atoms with Crippen LogP contribution in [0.3, 0.4) is 0 Å². The van der Waals surface area contributed by atoms with Crippen LogP contribution in [0, 0.1) is 11.3 Å². The van der Waals surface area contributed by atoms with E-state index in [1.165, 1.54) is 7.11 Å². The number of methoxy groups -OCH3 is 1. The van der Waals surface area contributed by atoms with Crippen molar-refractivity contribution in [2.75, 3.05) is 7.11 Å². The van der Waals surface area contributed by atoms with Gasteiger partial charge in [-0.1, -0.05) is 15.9 Å². The zero-order chi connectivity index (χ0) is 12.1. The van der Waals surface area contributed by atoms with Crippen LogP contribution in [0.4, 0.5) is 8.78 Å². The predicted octanol–water partition coefficient (Wildman–Crippen LogP) is 2.99. The Morgan fingerprint density at radius 3 is 2.75 bits per heavy atom. The van der Waals surface area contributed by atoms with Crippen LogP contribution in [-0.2, 0) is 11.8 Å². The lowest BCUT2D eigenvalue weighted by molar-refractivity contribution is 0.149. The van der Waals surface area contributed by atoms with Gasteiger partial charge in [-0.25, -0.2) is 8.78 Å². The molecule has 1 heterocycles. The average molecular weight is 291 g/mol. The van der Waals surface area contributed by atoms with Crippen molar-refractivity contribution in [3.8, 4) is 11.8 Å². The number of nitriles is 1. The standard InChI is InChI=1S/C10H9BrF2N2O/c1-16-9-6(4-11)7(10(12)13)5-15-8(9)2-3-14/h5,10H,2,4H2,1H3. The number of hydrogen-bond donors (Lipinski definition) is 0. The Balaban J connectivity index is 3.35. The van der Waals surface area contributed by atoms with E-state index in [1.54, 1.807) is 0 Å². The third-order valence-electron chi connectivity index (χ3n) is 2.06. The number of halogens is 3. The predicted molar refractivity (Wildman–Crippen MR) is 57.7 cm³/mol. The lowest BCUT2D eigenvalue weighted by Gasteiger charge is -2.13. The number of hydrogen-bond acceptors (Lipinski definition) is 3. The van der Waals surface area contributed by atoms with Gasteiger partial charge in [0, 0.05) is 22.7 Å². The van der Waals surface area contributed by atoms with Crippen LogP contribution in [0.25, 0.3) is 0 Å². The Morgan fingerprint density at radius 2 is 2.31 bits per heavy atom. The average Bonchev–Trinajstić information content (AvgIpc) is 2.28. The summed E-state index contributed by atoms with van der Waals surface area (Å²) in [4.78, 5) is 3.82. The minimum absolute atomic E-state index is 0.0344. The maximum Gasteiger partial charge on any atom is 0.265 e. The van der Waals surface area contributed by atoms with Crippen molar-refractivity contribution in [1.29, 1.82) is 5.26 Å². The molecule has 16 heavy (non-hydrogen) atoms. The molecule has 0 saturated carbocycles. The fourth-order valence-corrected chi connectivity index (χ4v) is 1.94. The molecule has 0 aromatic carbocycles. The second-order valence-electron chi connectivity index (χ2n) is 2.94. The number of aromatic nitrogens is 1. The van der Waals surface area contributed by atoms with Crippen LogP contribution >= 0.6 is 15.9 Å². The molecule has 1 aromatic rings. The minimum Gasteiger partial charge on any atom is -0.494 e. The largest absolute Gasteiger partial charge is 0.494 e. The summed E-state index contributed by atoms with van der Waals surface area (Å²) < 4.78 is 30.4. The highest BCUT2D eigenvalue weighted by atomic mass is 79.9. The van der Waals surface area contributed by atoms with Gasteiger partial charge in [0.15, 0.2) is 0 Å². The molecule has 0 fully saturated rings. The fourth-order valence-electron chi connectivity index (χ4n) is 1.36. The van der Waals surface area contributed by atoms with Gasteiger partial charge >= 0.3 is 0 Å². The first-order valence-corrected chi connectivity index (χ1v) is 5.53. The number of alkyl halides is 3. The van der Waals surface area contributed by atoms with Gasteiger partial charge in [-0.2, -0.15) is 5.26 Å². The fraction of sp³-hybridized carbons (Fsp3) is 0.400. The van der Waals surface area contributed by atoms with Crippen LogP contribution in [0.5, 0.6) is 5.75 Å². The molecule has 1 rings (SSSR count). The van der Waals surface area contributed by atoms with E-state index in [2.05, 4.69) is 20.9 Å². The van der Waals surface area contributed by atoms with E-state index in [9.17, 15) is 8.78 Å². The summed E-state index contributed by atoms with van der Waals surface area (Å²) in [6.07, 6.45) is -1.48. The Bertz CT molecular complexity index is 418. The maximum atomic E-state index is 12.7. The van der Waals surface area contributed by atoms with Crippen LogP contribution in [0.1, 0.15) is 23.2 Å². The van der Waals surface area contributed by atoms with E-state index in [0.717, 1.165) is 6.20 Å². The first-order valence-electron chi connectivity index (χ1n) is 4.41. The monoisotopic (exact) mass is 290 g/mol. The molecule has 3 nitrogen and oxygen atoms in total. The number of pyridine rings is 1. The lowest BCUT2D eigenvalue weighted by atomic mass is 10.1. The van der Waals surface area contributed by atoms with Gasteiger partial charge in [0.05, 0.1) is 25.3 Å². The zero-order valence-corrected chi connectivity index (χ0v) is 10.1. The van der Waals surface area contributed by atoms with Crippen molar-refractivity contribution < 1.29 is 13.5 Å². The molecule has 0 aliphatic rings. The molecule has 0 unspecified atom stereocenters. The number of rotatable bonds is 4. The molecule has 0 aliphatic heterocycles. The molecule has 0 amide bonds. The smallest absolute Gasteiger partial charge is 0.265 e. The quantitative estimate of drug-likeness (QED) is 0.801. The summed E-state index contributed by atoms with van der Waals surface area (Å²) in [5.74, 6) is 0.260. The van der Waals surface area contributed by atoms with Crippen LogP contribution in [0.15, 0.2) is 6.20 Å². The van der Waals surface area contributed by atoms with E-state index in [0.29, 0.717) is 11.3 Å². The Labute approximate surface area is 100 Å². The van der Waals surface area contributed by atoms with Crippen molar-refractivity contribution in [1.82, 2.24) is 4.98 Å². The van der Waals surface area contributed by atoms with Gasteiger partial charge in [0.1, 0.15) is 5.75 Å². The van der Waals surface area contributed by atoms with Crippen LogP contribution in [0.2, 0.25) is 0 Å². The summed E-state index contributed by atoms with van der Waals surface area (Å²) >= 11 is 3.13. The summed E-state index contributed by atoms with van der Waals surface area (Å²) in [6, 6.07) is 1.91. The third kappa shape index (κ3) is 2.47. The van der Waals surface area contributed by atoms with Gasteiger partial charge in [-0.15, -0.1) is 0 Å². The molecule has 0 atom stereocenters. The molecule has 6 heteroatoms. The topological polar surface area (TPSA) is 45.9 Å². The van der Waals surface area contributed by atoms with E-state index in [-0.39, 0.29) is 23.1 Å². The molecular formula is C10H9BrF2N2O. The highest BCUT2D eigenvalue weighted by molar-refractivity contribution is 9.08. The van der Waals surface area contributed by atoms with E-state index in [4.69, 9.17) is 10.00 Å². The van der Waals surface area contributed by atoms with E-state index in [1.807, 2.05) is 6.07 Å². The van der Waals surface area contributed by atoms with E-state index < -0.39 is 6.43 Å². The molecule has 86 valence electrons. The van der Waals surface area contributed by atoms with Gasteiger partial charge in [0.2, 0.25) is 0 Å². The van der Waals surface area contributed by atoms with Crippen molar-refractivity contribution in [2.45, 2.75) is 18.2 Å². The van der Waals surface area contributed by atoms with Gasteiger partial charge < -0.3 is 4.74 Å². The lowest BCUT2D eigenvalue weighted by Crippen LogP contribution is -2.03. The highest BCUT2D eigenvalue weighted by Gasteiger charge is 2.20. The van der Waals surface area contributed by atoms with E-state index >= 15 is 0 Å². The Kier molecular flexibility index (Phi) is 4.62. The maximum absolute atomic E-state index is 12.7. The van der Waals surface area contributed by atoms with Gasteiger partial charge in [0.25, 0.3) is 6.43 Å². The number of ether oxygens (including phenoxy) is 1. The van der Waals surface area contributed by atoms with Gasteiger partial charge in [-0.05, 0) is 0 Å². The van der Waals surface area contributed by atoms with Crippen molar-refractivity contribution >= 4 is 15.9 Å². The third-order valence-corrected chi connectivity index (χ3v) is 2.62. The molecule has 0 bridgehead atoms. The number of nitrogens with zero attached hydrogens (tertiary/aromatic N) is 2. The second kappa shape index (κ2) is 5.75. The van der Waals surface area contributed by atoms with Crippen LogP contribution < -0.4 is 4.74 Å². The zero-order valence-electron chi connectivity index (χ0n) is 8.51. The summed E-state index contributed by atoms with van der Waals surface area (Å²) in [5, 5.41) is 8.81. The molecule has 0 radical (unpaired) electrons. The summed E-state index contributed by atoms with van der Waals surface area (Å²) in [6.45, 7) is 0. The normalized spacial score (nSPS) is 10.2. The van der Waals surface area contributed by atoms with Crippen molar-refractivity contribution in [3.05, 3.63) is 23.0 Å². The Hall–Kier alpha value is -1.22. The first kappa shape index (κ1) is 12.8. The second-order valence-corrected chi connectivity index (χ2v) is 3.50. The van der Waals surface area contributed by atoms with Crippen molar-refractivity contribution in [3.63, 3.8) is 0 Å². The van der Waals surface area contributed by atoms with Crippen LogP contribution in [-0.4, -0.2) is 12.1 Å². The molecule has 1 aromatic heterocycles. The molecule has 0 N–H and O–H groups in total. The Morgan fingerprint density at radius 1 is 1.62 bits per heavy atom. The SMILES string of the molecule is COc1c(CC#N)ncc(C(F)F)c1CBr. The summed E-state index contributed by atoms with van der Waals surface area (Å²) in [7, 11) is 1.37. The minimum atomic E-state index is -2.61. The first-order chi connectivity index (χ1) is 7.65. The molecular weight excluding hydrogens is 282 g/mol. The van der Waals surface area contributed by atoms with Crippen molar-refractivity contribution in [2.24, 2.45) is 0 Å². The molecule has 0 aliphatic carbocycles. The molecule has 0 spiro atoms. The summed E-state index contributed by atoms with van der Waals surface area (Å²) in [5.41, 5.74) is 0.553. The highest BCUT2D eigenvalue weighted by Crippen LogP contribution is 2.33.